The number of aromatic nitrogens is 2. The number of hydroxylamine groups is 1. The fraction of sp³-hybridized carbons (Fsp3) is 0.105. The normalized spacial score (nSPS) is 11.6. The van der Waals surface area contributed by atoms with Crippen LogP contribution in [0.1, 0.15) is 10.8 Å². The molecule has 0 aliphatic rings. The molecule has 0 bridgehead atoms. The third kappa shape index (κ3) is 4.19. The molecule has 1 aromatic heterocycles. The lowest BCUT2D eigenvalue weighted by Gasteiger charge is -2.14. The predicted octanol–water partition coefficient (Wildman–Crippen LogP) is 3.49. The Labute approximate surface area is 155 Å². The highest BCUT2D eigenvalue weighted by Crippen LogP contribution is 2.34. The van der Waals surface area contributed by atoms with Crippen LogP contribution in [0.4, 0.5) is 0 Å². The number of benzene rings is 2. The molecule has 1 amide bonds. The number of amides is 1. The minimum absolute atomic E-state index is 0.441. The molecule has 0 radical (unpaired) electrons. The molecule has 26 heavy (non-hydrogen) atoms. The first-order chi connectivity index (χ1) is 12.7. The molecule has 6 nitrogen and oxygen atoms in total. The van der Waals surface area contributed by atoms with Crippen molar-refractivity contribution in [2.45, 2.75) is 10.4 Å². The van der Waals surface area contributed by atoms with Gasteiger partial charge in [0.25, 0.3) is 5.91 Å². The SMILES string of the molecule is COc1ccc(-c2ccnc(SC(C(=O)NO)c3ccccc3)n2)cc1. The lowest BCUT2D eigenvalue weighted by molar-refractivity contribution is -0.128. The molecule has 0 aliphatic heterocycles. The predicted molar refractivity (Wildman–Crippen MR) is 99.0 cm³/mol. The van der Waals surface area contributed by atoms with Crippen LogP contribution in [0.5, 0.6) is 5.75 Å². The summed E-state index contributed by atoms with van der Waals surface area (Å²) in [6, 6.07) is 18.5. The van der Waals surface area contributed by atoms with Crippen LogP contribution >= 0.6 is 11.8 Å². The summed E-state index contributed by atoms with van der Waals surface area (Å²) in [7, 11) is 1.62. The van der Waals surface area contributed by atoms with Crippen LogP contribution in [0.2, 0.25) is 0 Å². The van der Waals surface area contributed by atoms with Gasteiger partial charge in [0.2, 0.25) is 0 Å². The third-order valence-corrected chi connectivity index (χ3v) is 4.82. The monoisotopic (exact) mass is 367 g/mol. The molecule has 0 saturated heterocycles. The zero-order valence-electron chi connectivity index (χ0n) is 14.0. The van der Waals surface area contributed by atoms with Gasteiger partial charge in [-0.25, -0.2) is 15.4 Å². The van der Waals surface area contributed by atoms with Crippen molar-refractivity contribution in [3.63, 3.8) is 0 Å². The molecule has 0 fully saturated rings. The first-order valence-electron chi connectivity index (χ1n) is 7.84. The summed E-state index contributed by atoms with van der Waals surface area (Å²) in [5.74, 6) is 0.237. The van der Waals surface area contributed by atoms with Gasteiger partial charge in [-0.05, 0) is 35.9 Å². The van der Waals surface area contributed by atoms with Crippen LogP contribution in [-0.2, 0) is 4.79 Å². The molecule has 3 rings (SSSR count). The Hall–Kier alpha value is -2.90. The second-order valence-corrected chi connectivity index (χ2v) is 6.41. The molecule has 2 N–H and O–H groups in total. The van der Waals surface area contributed by atoms with E-state index in [2.05, 4.69) is 9.97 Å². The van der Waals surface area contributed by atoms with Gasteiger partial charge in [0.15, 0.2) is 5.16 Å². The van der Waals surface area contributed by atoms with Crippen molar-refractivity contribution in [2.75, 3.05) is 7.11 Å². The zero-order valence-corrected chi connectivity index (χ0v) is 14.8. The van der Waals surface area contributed by atoms with E-state index in [0.717, 1.165) is 22.6 Å². The van der Waals surface area contributed by atoms with E-state index in [1.54, 1.807) is 24.9 Å². The smallest absolute Gasteiger partial charge is 0.261 e. The quantitative estimate of drug-likeness (QED) is 0.300. The Morgan fingerprint density at radius 2 is 1.85 bits per heavy atom. The number of nitrogens with zero attached hydrogens (tertiary/aromatic N) is 2. The van der Waals surface area contributed by atoms with Crippen LogP contribution < -0.4 is 10.2 Å². The van der Waals surface area contributed by atoms with Crippen LogP contribution in [-0.4, -0.2) is 28.2 Å². The second kappa shape index (κ2) is 8.46. The molecule has 1 atom stereocenters. The number of nitrogens with one attached hydrogen (secondary N) is 1. The summed E-state index contributed by atoms with van der Waals surface area (Å²) < 4.78 is 5.16. The van der Waals surface area contributed by atoms with Crippen molar-refractivity contribution >= 4 is 17.7 Å². The van der Waals surface area contributed by atoms with Gasteiger partial charge in [-0.2, -0.15) is 0 Å². The summed E-state index contributed by atoms with van der Waals surface area (Å²) in [5, 5.41) is 8.84. The standard InChI is InChI=1S/C19H17N3O3S/c1-25-15-9-7-13(8-10-15)16-11-12-20-19(21-16)26-17(18(23)22-24)14-5-3-2-4-6-14/h2-12,17,24H,1H3,(H,22,23). The highest BCUT2D eigenvalue weighted by Gasteiger charge is 2.23. The van der Waals surface area contributed by atoms with Gasteiger partial charge in [0, 0.05) is 11.8 Å². The number of carbonyl (C=O) groups excluding carboxylic acids is 1. The van der Waals surface area contributed by atoms with Gasteiger partial charge in [0.1, 0.15) is 11.0 Å². The van der Waals surface area contributed by atoms with E-state index in [0.29, 0.717) is 5.16 Å². The van der Waals surface area contributed by atoms with Crippen LogP contribution in [0.15, 0.2) is 72.0 Å². The minimum Gasteiger partial charge on any atom is -0.497 e. The molecule has 2 aromatic carbocycles. The summed E-state index contributed by atoms with van der Waals surface area (Å²) in [6.45, 7) is 0. The first kappa shape index (κ1) is 17.9. The van der Waals surface area contributed by atoms with E-state index in [1.807, 2.05) is 54.6 Å². The van der Waals surface area contributed by atoms with Crippen molar-refractivity contribution < 1.29 is 14.7 Å². The van der Waals surface area contributed by atoms with Crippen LogP contribution in [0.3, 0.4) is 0 Å². The molecule has 0 spiro atoms. The molecular formula is C19H17N3O3S. The van der Waals surface area contributed by atoms with Gasteiger partial charge in [-0.1, -0.05) is 42.1 Å². The van der Waals surface area contributed by atoms with E-state index in [-0.39, 0.29) is 0 Å². The lowest BCUT2D eigenvalue weighted by atomic mass is 10.1. The van der Waals surface area contributed by atoms with Crippen molar-refractivity contribution in [1.29, 1.82) is 0 Å². The summed E-state index contributed by atoms with van der Waals surface area (Å²) in [5.41, 5.74) is 4.12. The largest absolute Gasteiger partial charge is 0.497 e. The number of rotatable bonds is 6. The molecule has 1 unspecified atom stereocenters. The van der Waals surface area contributed by atoms with Gasteiger partial charge in [0.05, 0.1) is 12.8 Å². The second-order valence-electron chi connectivity index (χ2n) is 5.34. The Kier molecular flexibility index (Phi) is 5.83. The van der Waals surface area contributed by atoms with E-state index in [9.17, 15) is 4.79 Å². The number of carbonyl (C=O) groups is 1. The minimum atomic E-state index is -0.660. The molecule has 0 aliphatic carbocycles. The Morgan fingerprint density at radius 3 is 2.50 bits per heavy atom. The molecule has 3 aromatic rings. The van der Waals surface area contributed by atoms with Crippen molar-refractivity contribution in [1.82, 2.24) is 15.4 Å². The summed E-state index contributed by atoms with van der Waals surface area (Å²) in [4.78, 5) is 20.9. The van der Waals surface area contributed by atoms with E-state index >= 15 is 0 Å². The van der Waals surface area contributed by atoms with Crippen LogP contribution in [0, 0.1) is 0 Å². The highest BCUT2D eigenvalue weighted by molar-refractivity contribution is 8.00. The highest BCUT2D eigenvalue weighted by atomic mass is 32.2. The molecule has 1 heterocycles. The van der Waals surface area contributed by atoms with Gasteiger partial charge in [-0.15, -0.1) is 0 Å². The Morgan fingerprint density at radius 1 is 1.12 bits per heavy atom. The maximum absolute atomic E-state index is 12.1. The van der Waals surface area contributed by atoms with E-state index < -0.39 is 11.2 Å². The summed E-state index contributed by atoms with van der Waals surface area (Å²) in [6.07, 6.45) is 1.65. The summed E-state index contributed by atoms with van der Waals surface area (Å²) >= 11 is 1.17. The van der Waals surface area contributed by atoms with Gasteiger partial charge < -0.3 is 4.74 Å². The topological polar surface area (TPSA) is 84.3 Å². The fourth-order valence-corrected chi connectivity index (χ4v) is 3.32. The number of ether oxygens (including phenoxy) is 1. The fourth-order valence-electron chi connectivity index (χ4n) is 2.38. The lowest BCUT2D eigenvalue weighted by Crippen LogP contribution is -2.24. The number of hydrogen-bond acceptors (Lipinski definition) is 6. The van der Waals surface area contributed by atoms with Crippen molar-refractivity contribution in [3.05, 3.63) is 72.4 Å². The van der Waals surface area contributed by atoms with E-state index in [4.69, 9.17) is 9.94 Å². The average Bonchev–Trinajstić information content (AvgIpc) is 2.72. The molecular weight excluding hydrogens is 350 g/mol. The molecule has 132 valence electrons. The van der Waals surface area contributed by atoms with Crippen molar-refractivity contribution in [2.24, 2.45) is 0 Å². The average molecular weight is 367 g/mol. The van der Waals surface area contributed by atoms with Crippen LogP contribution in [0.25, 0.3) is 11.3 Å². The maximum Gasteiger partial charge on any atom is 0.261 e. The number of hydrogen-bond donors (Lipinski definition) is 2. The number of methoxy groups -OCH3 is 1. The molecule has 0 saturated carbocycles. The van der Waals surface area contributed by atoms with Gasteiger partial charge in [-0.3, -0.25) is 10.0 Å². The number of thioether (sulfide) groups is 1. The third-order valence-electron chi connectivity index (χ3n) is 3.69. The Bertz CT molecular complexity index is 873. The maximum atomic E-state index is 12.1. The first-order valence-corrected chi connectivity index (χ1v) is 8.72. The van der Waals surface area contributed by atoms with E-state index in [1.165, 1.54) is 11.8 Å². The van der Waals surface area contributed by atoms with Gasteiger partial charge >= 0.3 is 0 Å². The zero-order chi connectivity index (χ0) is 18.4. The Balaban J connectivity index is 1.87. The molecule has 7 heteroatoms. The van der Waals surface area contributed by atoms with Crippen molar-refractivity contribution in [3.8, 4) is 17.0 Å².